The van der Waals surface area contributed by atoms with Crippen molar-refractivity contribution in [2.75, 3.05) is 33.9 Å². The highest BCUT2D eigenvalue weighted by Crippen LogP contribution is 2.71. The molecule has 0 N–H and O–H groups in total. The number of hydrogen-bond donors (Lipinski definition) is 0. The summed E-state index contributed by atoms with van der Waals surface area (Å²) in [5, 5.41) is 0.126. The van der Waals surface area contributed by atoms with Crippen LogP contribution < -0.4 is 0 Å². The minimum absolute atomic E-state index is 0.0404. The van der Waals surface area contributed by atoms with Gasteiger partial charge in [0.05, 0.1) is 12.2 Å². The Labute approximate surface area is 306 Å². The third-order valence-corrected chi connectivity index (χ3v) is 25.1. The Morgan fingerprint density at radius 3 is 2.00 bits per heavy atom. The van der Waals surface area contributed by atoms with Gasteiger partial charge in [-0.1, -0.05) is 93.6 Å². The van der Waals surface area contributed by atoms with Gasteiger partial charge in [0, 0.05) is 45.8 Å². The van der Waals surface area contributed by atoms with E-state index in [1.54, 1.807) is 7.11 Å². The highest BCUT2D eigenvalue weighted by atomic mass is 28.4. The molecule has 0 bridgehead atoms. The van der Waals surface area contributed by atoms with Crippen molar-refractivity contribution >= 4 is 24.7 Å². The largest absolute Gasteiger partial charge is 0.414 e. The van der Waals surface area contributed by atoms with E-state index in [2.05, 4.69) is 108 Å². The van der Waals surface area contributed by atoms with Gasteiger partial charge < -0.3 is 27.8 Å². The molecule has 0 aromatic carbocycles. The van der Waals surface area contributed by atoms with E-state index in [0.717, 1.165) is 62.9 Å². The molecular formula is C40H80O6Si3. The number of allylic oxidation sites excluding steroid dienone is 2. The van der Waals surface area contributed by atoms with Crippen molar-refractivity contribution in [2.45, 2.75) is 182 Å². The SMILES string of the molecule is CC[Si](CC)(CC)O[C@@H]1C[C@H]2C(C)(C)C(C)=C[C@@]2(CCCOCOC)[C@H]2[C@@H](O[Si](C)(C)C(C)(C)C)CC[C@@H](OCOCC[Si](C)(C)C)[C@@]21C. The van der Waals surface area contributed by atoms with Crippen molar-refractivity contribution in [1.82, 2.24) is 0 Å². The molecule has 0 unspecified atom stereocenters. The average molecular weight is 741 g/mol. The van der Waals surface area contributed by atoms with E-state index in [1.807, 2.05) is 0 Å². The van der Waals surface area contributed by atoms with Crippen molar-refractivity contribution in [2.24, 2.45) is 28.1 Å². The highest BCUT2D eigenvalue weighted by Gasteiger charge is 2.70. The molecule has 0 saturated heterocycles. The van der Waals surface area contributed by atoms with Crippen LogP contribution in [0.4, 0.5) is 0 Å². The molecule has 0 aliphatic heterocycles. The summed E-state index contributed by atoms with van der Waals surface area (Å²) in [5.41, 5.74) is 1.32. The zero-order valence-corrected chi connectivity index (χ0v) is 38.1. The van der Waals surface area contributed by atoms with Crippen LogP contribution in [0.5, 0.6) is 0 Å². The number of methoxy groups -OCH3 is 1. The lowest BCUT2D eigenvalue weighted by Gasteiger charge is -2.67. The number of hydrogen-bond acceptors (Lipinski definition) is 6. The zero-order chi connectivity index (χ0) is 37.1. The number of fused-ring (bicyclic) bond motifs is 3. The molecule has 49 heavy (non-hydrogen) atoms. The third kappa shape index (κ3) is 9.28. The van der Waals surface area contributed by atoms with Crippen molar-refractivity contribution in [1.29, 1.82) is 0 Å². The van der Waals surface area contributed by atoms with Gasteiger partial charge in [-0.3, -0.25) is 0 Å². The maximum atomic E-state index is 7.80. The fourth-order valence-electron chi connectivity index (χ4n) is 9.67. The molecule has 9 heteroatoms. The van der Waals surface area contributed by atoms with Crippen molar-refractivity contribution in [3.8, 4) is 0 Å². The van der Waals surface area contributed by atoms with Crippen LogP contribution in [0, 0.1) is 28.1 Å². The first-order valence-electron chi connectivity index (χ1n) is 19.9. The van der Waals surface area contributed by atoms with Crippen LogP contribution in [0.25, 0.3) is 0 Å². The Hall–Kier alpha value is 0.151. The first-order chi connectivity index (χ1) is 22.6. The van der Waals surface area contributed by atoms with E-state index in [9.17, 15) is 0 Å². The second kappa shape index (κ2) is 16.7. The Morgan fingerprint density at radius 1 is 0.837 bits per heavy atom. The normalized spacial score (nSPS) is 32.2. The Morgan fingerprint density at radius 2 is 1.45 bits per heavy atom. The molecule has 3 rings (SSSR count). The van der Waals surface area contributed by atoms with Crippen LogP contribution in [-0.4, -0.2) is 76.9 Å². The predicted octanol–water partition coefficient (Wildman–Crippen LogP) is 11.3. The van der Waals surface area contributed by atoms with E-state index < -0.39 is 24.7 Å². The third-order valence-electron chi connectivity index (χ3n) is 14.2. The molecule has 2 fully saturated rings. The lowest BCUT2D eigenvalue weighted by atomic mass is 9.43. The fraction of sp³-hybridized carbons (Fsp3) is 0.950. The quantitative estimate of drug-likeness (QED) is 0.0569. The molecule has 3 aliphatic carbocycles. The average Bonchev–Trinajstić information content (AvgIpc) is 3.19. The minimum atomic E-state index is -2.10. The standard InChI is InChI=1S/C40H80O6Si3/c1-17-49(18-2,19-3)46-35-27-33-38(8,9)31(4)28-40(33,23-20-24-42-29-41-11)36-32(45-48(15,16)37(5,6)7)21-22-34(39(35,36)10)44-30-43-25-26-47(12,13)14/h28,32-36H,17-27,29-30H2,1-16H3/t32-,33-,34+,35+,36-,39+,40+/m0/s1. The molecule has 0 spiro atoms. The number of ether oxygens (including phenoxy) is 4. The summed E-state index contributed by atoms with van der Waals surface area (Å²) in [5.74, 6) is 0.718. The first kappa shape index (κ1) is 43.6. The van der Waals surface area contributed by atoms with E-state index >= 15 is 0 Å². The topological polar surface area (TPSA) is 55.4 Å². The van der Waals surface area contributed by atoms with Crippen LogP contribution in [0.1, 0.15) is 101 Å². The monoisotopic (exact) mass is 741 g/mol. The van der Waals surface area contributed by atoms with Gasteiger partial charge >= 0.3 is 0 Å². The van der Waals surface area contributed by atoms with Crippen LogP contribution in [-0.2, 0) is 27.8 Å². The van der Waals surface area contributed by atoms with Crippen LogP contribution in [0.2, 0.25) is 61.9 Å². The smallest absolute Gasteiger partial charge is 0.192 e. The van der Waals surface area contributed by atoms with Gasteiger partial charge in [0.15, 0.2) is 16.6 Å². The summed E-state index contributed by atoms with van der Waals surface area (Å²) < 4.78 is 40.0. The lowest BCUT2D eigenvalue weighted by Crippen LogP contribution is -2.69. The summed E-state index contributed by atoms with van der Waals surface area (Å²) in [4.78, 5) is 0. The Balaban J connectivity index is 2.22. The second-order valence-electron chi connectivity index (χ2n) is 19.5. The molecule has 288 valence electrons. The van der Waals surface area contributed by atoms with E-state index in [1.165, 1.54) is 5.57 Å². The van der Waals surface area contributed by atoms with Crippen LogP contribution >= 0.6 is 0 Å². The maximum absolute atomic E-state index is 7.80. The molecule has 0 heterocycles. The van der Waals surface area contributed by atoms with Gasteiger partial charge in [-0.2, -0.15) is 0 Å². The highest BCUT2D eigenvalue weighted by molar-refractivity contribution is 6.76. The van der Waals surface area contributed by atoms with Gasteiger partial charge in [0.1, 0.15) is 13.6 Å². The van der Waals surface area contributed by atoms with Gasteiger partial charge in [-0.25, -0.2) is 0 Å². The molecule has 0 amide bonds. The molecule has 0 radical (unpaired) electrons. The van der Waals surface area contributed by atoms with E-state index in [0.29, 0.717) is 26.1 Å². The molecular weight excluding hydrogens is 661 g/mol. The van der Waals surface area contributed by atoms with Crippen molar-refractivity contribution in [3.63, 3.8) is 0 Å². The van der Waals surface area contributed by atoms with Crippen molar-refractivity contribution < 1.29 is 27.8 Å². The lowest BCUT2D eigenvalue weighted by molar-refractivity contribution is -0.252. The van der Waals surface area contributed by atoms with Gasteiger partial charge in [0.25, 0.3) is 0 Å². The molecule has 0 aromatic heterocycles. The fourth-order valence-corrected chi connectivity index (χ4v) is 14.7. The maximum Gasteiger partial charge on any atom is 0.192 e. The van der Waals surface area contributed by atoms with Gasteiger partial charge in [-0.15, -0.1) is 0 Å². The molecule has 0 aromatic rings. The number of rotatable bonds is 19. The minimum Gasteiger partial charge on any atom is -0.414 e. The summed E-state index contributed by atoms with van der Waals surface area (Å²) in [7, 11) is -3.54. The van der Waals surface area contributed by atoms with Crippen LogP contribution in [0.15, 0.2) is 11.6 Å². The zero-order valence-electron chi connectivity index (χ0n) is 35.1. The molecule has 7 atom stereocenters. The molecule has 2 saturated carbocycles. The summed E-state index contributed by atoms with van der Waals surface area (Å²) in [6, 6.07) is 4.61. The molecule has 3 aliphatic rings. The first-order valence-corrected chi connectivity index (χ1v) is 29.1. The summed E-state index contributed by atoms with van der Waals surface area (Å²) in [6.07, 6.45) is 8.15. The Bertz CT molecular complexity index is 1070. The van der Waals surface area contributed by atoms with E-state index in [-0.39, 0.29) is 45.5 Å². The second-order valence-corrected chi connectivity index (χ2v) is 34.6. The van der Waals surface area contributed by atoms with Crippen LogP contribution in [0.3, 0.4) is 0 Å². The summed E-state index contributed by atoms with van der Waals surface area (Å²) >= 11 is 0. The predicted molar refractivity (Wildman–Crippen MR) is 214 cm³/mol. The van der Waals surface area contributed by atoms with Gasteiger partial charge in [0.2, 0.25) is 0 Å². The Kier molecular flexibility index (Phi) is 14.8. The molecule has 6 nitrogen and oxygen atoms in total. The van der Waals surface area contributed by atoms with E-state index in [4.69, 9.17) is 27.8 Å². The summed E-state index contributed by atoms with van der Waals surface area (Å²) in [6.45, 7) is 38.6. The van der Waals surface area contributed by atoms with Gasteiger partial charge in [-0.05, 0) is 98.1 Å². The van der Waals surface area contributed by atoms with Crippen molar-refractivity contribution in [3.05, 3.63) is 11.6 Å².